The molecule has 0 radical (unpaired) electrons. The highest BCUT2D eigenvalue weighted by molar-refractivity contribution is 6.97. The van der Waals surface area contributed by atoms with Gasteiger partial charge in [0.1, 0.15) is 0 Å². The molecular formula is C102H174Si6. The van der Waals surface area contributed by atoms with Gasteiger partial charge >= 0.3 is 0 Å². The van der Waals surface area contributed by atoms with Crippen LogP contribution in [0.25, 0.3) is 0 Å². The van der Waals surface area contributed by atoms with Gasteiger partial charge in [0.05, 0.1) is 0 Å². The van der Waals surface area contributed by atoms with Gasteiger partial charge in [0.2, 0.25) is 0 Å². The molecule has 0 aliphatic rings. The Labute approximate surface area is 688 Å². The van der Waals surface area contributed by atoms with Crippen molar-refractivity contribution in [1.29, 1.82) is 0 Å². The van der Waals surface area contributed by atoms with E-state index in [9.17, 15) is 5.48 Å². The summed E-state index contributed by atoms with van der Waals surface area (Å²) >= 11 is 0. The first-order valence-corrected chi connectivity index (χ1v) is 62.5. The molecule has 0 fully saturated rings. The second-order valence-electron chi connectivity index (χ2n) is 45.4. The van der Waals surface area contributed by atoms with Gasteiger partial charge < -0.3 is 0 Å². The number of rotatable bonds is 12. The van der Waals surface area contributed by atoms with Gasteiger partial charge in [-0.15, -0.1) is 0 Å². The smallest absolute Gasteiger partial charge is 0.0450 e. The van der Waals surface area contributed by atoms with Crippen LogP contribution < -0.4 is 0 Å². The van der Waals surface area contributed by atoms with Gasteiger partial charge in [-0.3, -0.25) is 0 Å². The number of hydrogen-bond donors (Lipinski definition) is 0. The SMILES string of the molecule is Cc1cccc(C)c1C(C)(C)C.Cc1cccc(C)c1C(C)(C)C.Cc1cccc(C)c1C(C)(C)C.Cc1ccccc1C(C)(C)C.Cc1ccccc1C(C)(C)C.[2H]C([2H])(c1cccc(C([2H])([2H])C([Si](C)(C)C)[Si](C)(C)C)c1C(C)(C)C)C([Si](C)(C)C)[Si](C)(C)C.[2H]C([2H])(c1ccccc1C(C)(C)C)C([Si](C)(C)C)[Si](C)(C)C. The lowest BCUT2D eigenvalue weighted by Gasteiger charge is -2.41. The Morgan fingerprint density at radius 2 is 0.370 bits per heavy atom. The zero-order chi connectivity index (χ0) is 90.1. The summed E-state index contributed by atoms with van der Waals surface area (Å²) in [6.45, 7) is 106. The maximum atomic E-state index is 9.64. The molecule has 108 heavy (non-hydrogen) atoms. The van der Waals surface area contributed by atoms with Crippen LogP contribution in [0, 0.1) is 55.4 Å². The van der Waals surface area contributed by atoms with Crippen LogP contribution >= 0.6 is 0 Å². The van der Waals surface area contributed by atoms with Crippen LogP contribution in [-0.4, -0.2) is 48.4 Å². The molecular weight excluding hydrogens is 1390 g/mol. The van der Waals surface area contributed by atoms with Crippen LogP contribution in [0.15, 0.2) is 146 Å². The third-order valence-corrected chi connectivity index (χ3v) is 47.1. The van der Waals surface area contributed by atoms with Gasteiger partial charge in [-0.2, -0.15) is 0 Å². The van der Waals surface area contributed by atoms with Crippen molar-refractivity contribution >= 4 is 48.4 Å². The van der Waals surface area contributed by atoms with E-state index < -0.39 is 67.6 Å². The van der Waals surface area contributed by atoms with E-state index in [0.717, 1.165) is 27.8 Å². The van der Waals surface area contributed by atoms with E-state index in [-0.39, 0.29) is 53.4 Å². The van der Waals surface area contributed by atoms with E-state index in [2.05, 4.69) is 428 Å². The summed E-state index contributed by atoms with van der Waals surface area (Å²) in [5, 5.41) is 0.245. The first-order valence-electron chi connectivity index (χ1n) is 44.1. The molecule has 0 spiro atoms. The molecule has 7 rings (SSSR count). The highest BCUT2D eigenvalue weighted by Gasteiger charge is 2.42. The van der Waals surface area contributed by atoms with Crippen LogP contribution in [0.5, 0.6) is 0 Å². The summed E-state index contributed by atoms with van der Waals surface area (Å²) in [5.74, 6) is 0. The van der Waals surface area contributed by atoms with Crippen LogP contribution in [0.1, 0.15) is 254 Å². The fourth-order valence-electron chi connectivity index (χ4n) is 17.3. The monoisotopic (exact) mass is 1570 g/mol. The standard InChI is InChI=1S/C26H54Si4.C18H34Si2.3C12H18.2C11H16/c1-26(2,3)25-21(19-23(27(4,5)6)28(7,8)9)17-16-18-22(25)20-24(29(10,11)12)30(13,14)15;1-18(2,3)16-13-11-10-12-15(16)14-17(19(4,5)6)20(7,8)9;3*1-9-7-6-8-10(2)11(9)12(3,4)5;2*1-9-7-5-6-8-10(9)11(2,3)4/h16-18,23-24H,19-20H2,1-15H3;10-13,17H,14H2,1-9H3;3*6-8H,1-5H3;2*5-8H,1-4H3/i19D2,20D2;14D2;;;;;. The van der Waals surface area contributed by atoms with E-state index >= 15 is 0 Å². The van der Waals surface area contributed by atoms with Crippen LogP contribution in [0.3, 0.4) is 0 Å². The number of hydrogen-bond acceptors (Lipinski definition) is 0. The minimum absolute atomic E-state index is 0.0273. The van der Waals surface area contributed by atoms with E-state index in [0.29, 0.717) is 0 Å². The first kappa shape index (κ1) is 91.0. The summed E-state index contributed by atoms with van der Waals surface area (Å²) in [4.78, 5) is 0. The Kier molecular flexibility index (Phi) is 33.5. The number of benzene rings is 7. The van der Waals surface area contributed by atoms with Crippen molar-refractivity contribution in [2.75, 3.05) is 0 Å². The van der Waals surface area contributed by atoms with Crippen molar-refractivity contribution in [3.05, 3.63) is 246 Å². The van der Waals surface area contributed by atoms with Gasteiger partial charge in [0.25, 0.3) is 0 Å². The van der Waals surface area contributed by atoms with Crippen LogP contribution in [0.2, 0.25) is 133 Å². The molecule has 0 atom stereocenters. The summed E-state index contributed by atoms with van der Waals surface area (Å²) < 4.78 is 56.8. The molecule has 0 aliphatic carbocycles. The van der Waals surface area contributed by atoms with Crippen molar-refractivity contribution in [3.8, 4) is 0 Å². The van der Waals surface area contributed by atoms with E-state index in [1.165, 1.54) is 72.3 Å². The van der Waals surface area contributed by atoms with Crippen molar-refractivity contribution in [3.63, 3.8) is 0 Å². The molecule has 0 unspecified atom stereocenters. The van der Waals surface area contributed by atoms with Crippen molar-refractivity contribution in [2.45, 2.75) is 391 Å². The van der Waals surface area contributed by atoms with Crippen molar-refractivity contribution < 1.29 is 8.22 Å². The van der Waals surface area contributed by atoms with Crippen molar-refractivity contribution in [1.82, 2.24) is 0 Å². The molecule has 0 heterocycles. The third-order valence-electron chi connectivity index (χ3n) is 20.2. The lowest BCUT2D eigenvalue weighted by atomic mass is 9.79. The fourth-order valence-corrected chi connectivity index (χ4v) is 52.1. The van der Waals surface area contributed by atoms with E-state index in [1.54, 1.807) is 0 Å². The summed E-state index contributed by atoms with van der Waals surface area (Å²) in [5.41, 5.74) is 24.0. The molecule has 606 valence electrons. The minimum atomic E-state index is -1.86. The first-order chi connectivity index (χ1) is 50.5. The summed E-state index contributed by atoms with van der Waals surface area (Å²) in [6, 6.07) is 50.7. The zero-order valence-electron chi connectivity index (χ0n) is 85.6. The summed E-state index contributed by atoms with van der Waals surface area (Å²) in [6.07, 6.45) is -4.23. The lowest BCUT2D eigenvalue weighted by Crippen LogP contribution is -2.45. The molecule has 6 heteroatoms. The maximum absolute atomic E-state index is 9.64. The van der Waals surface area contributed by atoms with Gasteiger partial charge in [-0.05, 0) is 228 Å². The Bertz CT molecular complexity index is 3790. The zero-order valence-corrected chi connectivity index (χ0v) is 85.6. The average molecular weight is 1580 g/mol. The second-order valence-corrected chi connectivity index (χ2v) is 79.0. The van der Waals surface area contributed by atoms with E-state index in [1.807, 2.05) is 36.4 Å². The minimum Gasteiger partial charge on any atom is -0.0695 e. The highest BCUT2D eigenvalue weighted by Crippen LogP contribution is 2.44. The topological polar surface area (TPSA) is 0 Å². The second kappa shape index (κ2) is 39.7. The highest BCUT2D eigenvalue weighted by atomic mass is 28.4. The van der Waals surface area contributed by atoms with Gasteiger partial charge in [-0.1, -0.05) is 409 Å². The Balaban J connectivity index is 0.000000701. The average Bonchev–Trinajstić information content (AvgIpc) is 0.753. The molecule has 0 aromatic heterocycles. The Morgan fingerprint density at radius 1 is 0.204 bits per heavy atom. The maximum Gasteiger partial charge on any atom is 0.0450 e. The van der Waals surface area contributed by atoms with Crippen molar-refractivity contribution in [2.24, 2.45) is 0 Å². The third kappa shape index (κ3) is 33.9. The van der Waals surface area contributed by atoms with Gasteiger partial charge in [0, 0.05) is 56.7 Å². The predicted molar refractivity (Wildman–Crippen MR) is 516 cm³/mol. The number of aryl methyl sites for hydroxylation is 8. The molecule has 0 amide bonds. The molecule has 0 N–H and O–H groups in total. The van der Waals surface area contributed by atoms with Crippen LogP contribution in [0.4, 0.5) is 0 Å². The van der Waals surface area contributed by atoms with E-state index in [4.69, 9.17) is 2.74 Å². The molecule has 0 saturated heterocycles. The molecule has 0 bridgehead atoms. The Morgan fingerprint density at radius 3 is 0.546 bits per heavy atom. The van der Waals surface area contributed by atoms with Crippen LogP contribution in [-0.2, 0) is 57.0 Å². The molecule has 0 nitrogen and oxygen atoms in total. The predicted octanol–water partition coefficient (Wildman–Crippen LogP) is 32.7. The largest absolute Gasteiger partial charge is 0.0695 e. The fraction of sp³-hybridized carbons (Fsp3) is 0.588. The molecule has 0 aliphatic heterocycles. The van der Waals surface area contributed by atoms with Gasteiger partial charge in [-0.25, -0.2) is 0 Å². The molecule has 0 saturated carbocycles. The molecule has 7 aromatic rings. The van der Waals surface area contributed by atoms with Gasteiger partial charge in [0.15, 0.2) is 0 Å². The lowest BCUT2D eigenvalue weighted by molar-refractivity contribution is 0.574. The Hall–Kier alpha value is -4.16. The summed E-state index contributed by atoms with van der Waals surface area (Å²) in [7, 11) is -10.7. The molecule has 7 aromatic carbocycles. The normalized spacial score (nSPS) is 14.2. The quantitative estimate of drug-likeness (QED) is 0.107.